The van der Waals surface area contributed by atoms with Crippen molar-refractivity contribution in [2.45, 2.75) is 32.4 Å². The van der Waals surface area contributed by atoms with Crippen LogP contribution in [0.4, 0.5) is 0 Å². The smallest absolute Gasteiger partial charge is 0.356 e. The standard InChI is InChI=1S/C23H23NO3S/c1-2-28-20-14-19-18(13-16-9-5-3-6-10-16)22(25)24(19)21(20)23(26)27-15-17-11-7-4-8-12-17/h3-12,18-19H,2,13-15H2,1H3. The minimum Gasteiger partial charge on any atom is -0.456 e. The summed E-state index contributed by atoms with van der Waals surface area (Å²) < 4.78 is 5.54. The fraction of sp³-hybridized carbons (Fsp3) is 0.304. The normalized spacial score (nSPS) is 20.8. The van der Waals surface area contributed by atoms with E-state index in [2.05, 4.69) is 19.1 Å². The molecule has 0 N–H and O–H groups in total. The molecular weight excluding hydrogens is 370 g/mol. The van der Waals surface area contributed by atoms with E-state index in [9.17, 15) is 9.59 Å². The molecule has 1 fully saturated rings. The topological polar surface area (TPSA) is 46.6 Å². The molecule has 2 aromatic carbocycles. The molecular formula is C23H23NO3S. The molecule has 4 nitrogen and oxygen atoms in total. The number of ether oxygens (including phenoxy) is 1. The average Bonchev–Trinajstić information content (AvgIpc) is 3.07. The van der Waals surface area contributed by atoms with E-state index in [4.69, 9.17) is 4.74 Å². The zero-order chi connectivity index (χ0) is 19.5. The highest BCUT2D eigenvalue weighted by atomic mass is 32.2. The first-order chi connectivity index (χ1) is 13.7. The van der Waals surface area contributed by atoms with Crippen LogP contribution in [0, 0.1) is 5.92 Å². The third-order valence-electron chi connectivity index (χ3n) is 5.27. The Bertz CT molecular complexity index is 895. The molecule has 0 saturated carbocycles. The zero-order valence-electron chi connectivity index (χ0n) is 15.8. The SMILES string of the molecule is CCSC1=C(C(=O)OCc2ccccc2)N2C(=O)C(Cc3ccccc3)C2C1. The van der Waals surface area contributed by atoms with E-state index >= 15 is 0 Å². The average molecular weight is 394 g/mol. The summed E-state index contributed by atoms with van der Waals surface area (Å²) in [5.41, 5.74) is 2.56. The molecule has 2 unspecified atom stereocenters. The molecule has 1 saturated heterocycles. The van der Waals surface area contributed by atoms with Gasteiger partial charge in [0.15, 0.2) is 0 Å². The maximum atomic E-state index is 12.9. The van der Waals surface area contributed by atoms with Crippen LogP contribution in [-0.2, 0) is 27.4 Å². The number of esters is 1. The lowest BCUT2D eigenvalue weighted by atomic mass is 9.82. The fourth-order valence-corrected chi connectivity index (χ4v) is 4.89. The van der Waals surface area contributed by atoms with Crippen LogP contribution in [0.3, 0.4) is 0 Å². The highest BCUT2D eigenvalue weighted by molar-refractivity contribution is 8.03. The van der Waals surface area contributed by atoms with Crippen LogP contribution in [-0.4, -0.2) is 28.6 Å². The highest BCUT2D eigenvalue weighted by Gasteiger charge is 2.55. The van der Waals surface area contributed by atoms with Crippen molar-refractivity contribution < 1.29 is 14.3 Å². The monoisotopic (exact) mass is 393 g/mol. The van der Waals surface area contributed by atoms with Gasteiger partial charge in [-0.1, -0.05) is 67.6 Å². The molecule has 28 heavy (non-hydrogen) atoms. The van der Waals surface area contributed by atoms with E-state index in [0.29, 0.717) is 5.70 Å². The molecule has 2 aliphatic rings. The first-order valence-corrected chi connectivity index (χ1v) is 10.6. The van der Waals surface area contributed by atoms with Crippen LogP contribution in [0.25, 0.3) is 0 Å². The number of amides is 1. The van der Waals surface area contributed by atoms with E-state index in [1.165, 1.54) is 0 Å². The molecule has 0 aromatic heterocycles. The summed E-state index contributed by atoms with van der Waals surface area (Å²) in [6.07, 6.45) is 1.47. The van der Waals surface area contributed by atoms with E-state index in [1.807, 2.05) is 48.5 Å². The maximum Gasteiger partial charge on any atom is 0.356 e. The quantitative estimate of drug-likeness (QED) is 0.523. The van der Waals surface area contributed by atoms with Gasteiger partial charge in [-0.15, -0.1) is 11.8 Å². The predicted octanol–water partition coefficient (Wildman–Crippen LogP) is 4.17. The number of nitrogens with zero attached hydrogens (tertiary/aromatic N) is 1. The van der Waals surface area contributed by atoms with Crippen molar-refractivity contribution in [1.29, 1.82) is 0 Å². The van der Waals surface area contributed by atoms with Gasteiger partial charge in [-0.05, 0) is 23.3 Å². The van der Waals surface area contributed by atoms with Crippen LogP contribution < -0.4 is 0 Å². The van der Waals surface area contributed by atoms with Gasteiger partial charge in [0.1, 0.15) is 12.3 Å². The van der Waals surface area contributed by atoms with Gasteiger partial charge in [-0.3, -0.25) is 4.79 Å². The largest absolute Gasteiger partial charge is 0.456 e. The van der Waals surface area contributed by atoms with Gasteiger partial charge in [-0.2, -0.15) is 0 Å². The Morgan fingerprint density at radius 1 is 1.07 bits per heavy atom. The summed E-state index contributed by atoms with van der Waals surface area (Å²) in [5, 5.41) is 0. The summed E-state index contributed by atoms with van der Waals surface area (Å²) >= 11 is 1.64. The Morgan fingerprint density at radius 3 is 2.36 bits per heavy atom. The fourth-order valence-electron chi connectivity index (χ4n) is 3.93. The molecule has 0 radical (unpaired) electrons. The minimum atomic E-state index is -0.395. The van der Waals surface area contributed by atoms with Gasteiger partial charge in [0.25, 0.3) is 0 Å². The number of thioether (sulfide) groups is 1. The Kier molecular flexibility index (Phi) is 5.53. The van der Waals surface area contributed by atoms with Crippen molar-refractivity contribution in [3.8, 4) is 0 Å². The molecule has 0 aliphatic carbocycles. The maximum absolute atomic E-state index is 12.9. The van der Waals surface area contributed by atoms with Crippen molar-refractivity contribution in [3.63, 3.8) is 0 Å². The van der Waals surface area contributed by atoms with E-state index in [-0.39, 0.29) is 24.5 Å². The second-order valence-corrected chi connectivity index (χ2v) is 8.40. The number of fused-ring (bicyclic) bond motifs is 1. The lowest BCUT2D eigenvalue weighted by Crippen LogP contribution is -2.59. The van der Waals surface area contributed by atoms with Crippen molar-refractivity contribution in [3.05, 3.63) is 82.4 Å². The van der Waals surface area contributed by atoms with Crippen LogP contribution >= 0.6 is 11.8 Å². The van der Waals surface area contributed by atoms with Crippen LogP contribution in [0.5, 0.6) is 0 Å². The zero-order valence-corrected chi connectivity index (χ0v) is 16.7. The molecule has 2 aliphatic heterocycles. The third kappa shape index (κ3) is 3.59. The van der Waals surface area contributed by atoms with Crippen LogP contribution in [0.2, 0.25) is 0 Å². The Balaban J connectivity index is 1.47. The molecule has 2 heterocycles. The summed E-state index contributed by atoms with van der Waals surface area (Å²) in [5.74, 6) is 0.443. The van der Waals surface area contributed by atoms with Crippen molar-refractivity contribution in [1.82, 2.24) is 4.90 Å². The van der Waals surface area contributed by atoms with Gasteiger partial charge >= 0.3 is 5.97 Å². The lowest BCUT2D eigenvalue weighted by Gasteiger charge is -2.43. The number of rotatable bonds is 7. The molecule has 2 aromatic rings. The van der Waals surface area contributed by atoms with Gasteiger partial charge in [0.05, 0.1) is 12.0 Å². The van der Waals surface area contributed by atoms with Crippen molar-refractivity contribution in [2.75, 3.05) is 5.75 Å². The molecule has 144 valence electrons. The summed E-state index contributed by atoms with van der Waals surface area (Å²) in [7, 11) is 0. The Morgan fingerprint density at radius 2 is 1.71 bits per heavy atom. The molecule has 0 bridgehead atoms. The number of carbonyl (C=O) groups excluding carboxylic acids is 2. The van der Waals surface area contributed by atoms with Crippen LogP contribution in [0.15, 0.2) is 71.3 Å². The Hall–Kier alpha value is -2.53. The molecule has 2 atom stereocenters. The molecule has 5 heteroatoms. The van der Waals surface area contributed by atoms with Gasteiger partial charge in [-0.25, -0.2) is 4.79 Å². The molecule has 4 rings (SSSR count). The number of hydrogen-bond acceptors (Lipinski definition) is 4. The lowest BCUT2D eigenvalue weighted by molar-refractivity contribution is -0.157. The first-order valence-electron chi connectivity index (χ1n) is 9.63. The number of benzene rings is 2. The minimum absolute atomic E-state index is 0.0345. The second-order valence-electron chi connectivity index (χ2n) is 7.04. The Labute approximate surface area is 169 Å². The van der Waals surface area contributed by atoms with Gasteiger partial charge in [0.2, 0.25) is 5.91 Å². The summed E-state index contributed by atoms with van der Waals surface area (Å²) in [6, 6.07) is 19.7. The van der Waals surface area contributed by atoms with E-state index < -0.39 is 5.97 Å². The third-order valence-corrected chi connectivity index (χ3v) is 6.27. The number of hydrogen-bond donors (Lipinski definition) is 0. The highest BCUT2D eigenvalue weighted by Crippen LogP contribution is 2.47. The van der Waals surface area contributed by atoms with Crippen molar-refractivity contribution >= 4 is 23.6 Å². The predicted molar refractivity (Wildman–Crippen MR) is 110 cm³/mol. The number of carbonyl (C=O) groups is 2. The molecule has 0 spiro atoms. The second kappa shape index (κ2) is 8.23. The summed E-state index contributed by atoms with van der Waals surface area (Å²) in [6.45, 7) is 2.27. The van der Waals surface area contributed by atoms with Gasteiger partial charge < -0.3 is 9.64 Å². The first kappa shape index (κ1) is 18.8. The molecule has 1 amide bonds. The summed E-state index contributed by atoms with van der Waals surface area (Å²) in [4.78, 5) is 28.3. The van der Waals surface area contributed by atoms with Crippen LogP contribution in [0.1, 0.15) is 24.5 Å². The van der Waals surface area contributed by atoms with Crippen molar-refractivity contribution in [2.24, 2.45) is 5.92 Å². The number of β-lactam (4-membered cyclic amide) rings is 1. The van der Waals surface area contributed by atoms with Gasteiger partial charge in [0, 0.05) is 11.3 Å². The van der Waals surface area contributed by atoms with E-state index in [1.54, 1.807) is 16.7 Å². The van der Waals surface area contributed by atoms with E-state index in [0.717, 1.165) is 34.6 Å².